The van der Waals surface area contributed by atoms with Crippen LogP contribution in [0, 0.1) is 13.8 Å². The standard InChI is InChI=1S/C26H25ClN2O3/c1-5-32-26(31)23-13-19-10-11-28-25(30)24(19)29(23)22-14-20(12-15(2)16(22)3)17(4)18-6-8-21(27)9-7-18/h6-14,17H,5H2,1-4H3,(H,28,30). The largest absolute Gasteiger partial charge is 0.461 e. The van der Waals surface area contributed by atoms with E-state index in [0.29, 0.717) is 21.6 Å². The predicted octanol–water partition coefficient (Wildman–Crippen LogP) is 5.92. The lowest BCUT2D eigenvalue weighted by Crippen LogP contribution is -2.16. The maximum Gasteiger partial charge on any atom is 0.355 e. The lowest BCUT2D eigenvalue weighted by atomic mass is 9.90. The number of hydrogen-bond donors (Lipinski definition) is 1. The van der Waals surface area contributed by atoms with Gasteiger partial charge in [-0.3, -0.25) is 9.36 Å². The van der Waals surface area contributed by atoms with Crippen LogP contribution in [-0.2, 0) is 4.74 Å². The Balaban J connectivity index is 1.97. The fourth-order valence-corrected chi connectivity index (χ4v) is 4.19. The molecule has 4 rings (SSSR count). The Morgan fingerprint density at radius 2 is 1.81 bits per heavy atom. The summed E-state index contributed by atoms with van der Waals surface area (Å²) in [6, 6.07) is 15.5. The Bertz CT molecular complexity index is 1370. The number of esters is 1. The number of hydrogen-bond acceptors (Lipinski definition) is 3. The molecule has 0 aliphatic heterocycles. The van der Waals surface area contributed by atoms with E-state index in [1.54, 1.807) is 29.8 Å². The summed E-state index contributed by atoms with van der Waals surface area (Å²) in [7, 11) is 0. The van der Waals surface area contributed by atoms with Gasteiger partial charge in [-0.05, 0) is 73.4 Å². The summed E-state index contributed by atoms with van der Waals surface area (Å²) in [5, 5.41) is 1.38. The van der Waals surface area contributed by atoms with Crippen molar-refractivity contribution in [3.63, 3.8) is 0 Å². The number of carbonyl (C=O) groups excluding carboxylic acids is 1. The zero-order valence-electron chi connectivity index (χ0n) is 18.5. The smallest absolute Gasteiger partial charge is 0.355 e. The van der Waals surface area contributed by atoms with Gasteiger partial charge < -0.3 is 9.72 Å². The molecule has 0 amide bonds. The minimum Gasteiger partial charge on any atom is -0.461 e. The summed E-state index contributed by atoms with van der Waals surface area (Å²) in [6.07, 6.45) is 1.58. The van der Waals surface area contributed by atoms with Crippen LogP contribution in [0.1, 0.15) is 52.5 Å². The van der Waals surface area contributed by atoms with Gasteiger partial charge in [0.2, 0.25) is 0 Å². The van der Waals surface area contributed by atoms with E-state index >= 15 is 0 Å². The second-order valence-corrected chi connectivity index (χ2v) is 8.39. The molecule has 5 nitrogen and oxygen atoms in total. The first-order valence-corrected chi connectivity index (χ1v) is 11.0. The van der Waals surface area contributed by atoms with Crippen LogP contribution in [0.4, 0.5) is 0 Å². The number of aromatic amines is 1. The minimum atomic E-state index is -0.462. The molecule has 0 bridgehead atoms. The summed E-state index contributed by atoms with van der Waals surface area (Å²) in [6.45, 7) is 8.18. The Labute approximate surface area is 191 Å². The molecule has 32 heavy (non-hydrogen) atoms. The zero-order chi connectivity index (χ0) is 23.0. The molecule has 1 N–H and O–H groups in total. The third kappa shape index (κ3) is 3.84. The first-order chi connectivity index (χ1) is 15.3. The van der Waals surface area contributed by atoms with E-state index in [4.69, 9.17) is 16.3 Å². The molecule has 0 fully saturated rings. The van der Waals surface area contributed by atoms with Crippen molar-refractivity contribution < 1.29 is 9.53 Å². The van der Waals surface area contributed by atoms with E-state index in [-0.39, 0.29) is 18.1 Å². The molecule has 0 aliphatic carbocycles. The normalized spacial score (nSPS) is 12.2. The van der Waals surface area contributed by atoms with Gasteiger partial charge in [0.05, 0.1) is 12.3 Å². The number of fused-ring (bicyclic) bond motifs is 1. The van der Waals surface area contributed by atoms with E-state index in [0.717, 1.165) is 27.9 Å². The lowest BCUT2D eigenvalue weighted by Gasteiger charge is -2.20. The maximum atomic E-state index is 12.8. The highest BCUT2D eigenvalue weighted by Crippen LogP contribution is 2.32. The number of halogens is 1. The highest BCUT2D eigenvalue weighted by Gasteiger charge is 2.22. The monoisotopic (exact) mass is 448 g/mol. The fourth-order valence-electron chi connectivity index (χ4n) is 4.06. The van der Waals surface area contributed by atoms with Crippen molar-refractivity contribution in [3.8, 4) is 5.69 Å². The molecule has 164 valence electrons. The number of aryl methyl sites for hydroxylation is 1. The van der Waals surface area contributed by atoms with Gasteiger partial charge in [0, 0.05) is 22.5 Å². The third-order valence-electron chi connectivity index (χ3n) is 5.98. The summed E-state index contributed by atoms with van der Waals surface area (Å²) in [5.41, 5.74) is 5.55. The second-order valence-electron chi connectivity index (χ2n) is 7.95. The van der Waals surface area contributed by atoms with Crippen LogP contribution in [0.2, 0.25) is 5.02 Å². The first-order valence-electron chi connectivity index (χ1n) is 10.6. The van der Waals surface area contributed by atoms with E-state index in [9.17, 15) is 9.59 Å². The molecule has 2 aromatic carbocycles. The van der Waals surface area contributed by atoms with Crippen LogP contribution in [0.3, 0.4) is 0 Å². The molecule has 6 heteroatoms. The number of nitrogens with zero attached hydrogens (tertiary/aromatic N) is 1. The molecule has 4 aromatic rings. The van der Waals surface area contributed by atoms with Gasteiger partial charge in [-0.1, -0.05) is 36.7 Å². The Kier molecular flexibility index (Phi) is 5.94. The average molecular weight is 449 g/mol. The van der Waals surface area contributed by atoms with Gasteiger partial charge in [-0.15, -0.1) is 0 Å². The number of rotatable bonds is 5. The van der Waals surface area contributed by atoms with E-state index < -0.39 is 5.97 Å². The molecule has 1 unspecified atom stereocenters. The van der Waals surface area contributed by atoms with Gasteiger partial charge in [-0.2, -0.15) is 0 Å². The molecular weight excluding hydrogens is 424 g/mol. The van der Waals surface area contributed by atoms with Crippen molar-refractivity contribution in [2.75, 3.05) is 6.61 Å². The van der Waals surface area contributed by atoms with Crippen molar-refractivity contribution >= 4 is 28.5 Å². The van der Waals surface area contributed by atoms with Gasteiger partial charge >= 0.3 is 5.97 Å². The lowest BCUT2D eigenvalue weighted by molar-refractivity contribution is 0.0517. The minimum absolute atomic E-state index is 0.0940. The SMILES string of the molecule is CCOC(=O)c1cc2cc[nH]c(=O)c2n1-c1cc(C(C)c2ccc(Cl)cc2)cc(C)c1C. The zero-order valence-corrected chi connectivity index (χ0v) is 19.3. The molecule has 0 spiro atoms. The number of pyridine rings is 1. The highest BCUT2D eigenvalue weighted by atomic mass is 35.5. The molecule has 0 saturated heterocycles. The van der Waals surface area contributed by atoms with Crippen LogP contribution < -0.4 is 5.56 Å². The van der Waals surface area contributed by atoms with Crippen molar-refractivity contribution in [1.82, 2.24) is 9.55 Å². The molecule has 1 atom stereocenters. The van der Waals surface area contributed by atoms with Crippen molar-refractivity contribution in [3.05, 3.63) is 98.1 Å². The maximum absolute atomic E-state index is 12.8. The Morgan fingerprint density at radius 1 is 1.09 bits per heavy atom. The number of nitrogens with one attached hydrogen (secondary N) is 1. The number of carbonyl (C=O) groups is 1. The van der Waals surface area contributed by atoms with E-state index in [1.165, 1.54) is 0 Å². The first kappa shape index (κ1) is 21.9. The van der Waals surface area contributed by atoms with Gasteiger partial charge in [0.1, 0.15) is 11.2 Å². The molecular formula is C26H25ClN2O3. The van der Waals surface area contributed by atoms with Crippen LogP contribution >= 0.6 is 11.6 Å². The van der Waals surface area contributed by atoms with Crippen molar-refractivity contribution in [2.24, 2.45) is 0 Å². The van der Waals surface area contributed by atoms with Crippen LogP contribution in [-0.4, -0.2) is 22.1 Å². The summed E-state index contributed by atoms with van der Waals surface area (Å²) in [4.78, 5) is 28.3. The van der Waals surface area contributed by atoms with E-state index in [2.05, 4.69) is 24.0 Å². The molecule has 2 aromatic heterocycles. The second kappa shape index (κ2) is 8.67. The molecule has 2 heterocycles. The van der Waals surface area contributed by atoms with Gasteiger partial charge in [0.15, 0.2) is 0 Å². The predicted molar refractivity (Wildman–Crippen MR) is 128 cm³/mol. The van der Waals surface area contributed by atoms with Crippen molar-refractivity contribution in [1.29, 1.82) is 0 Å². The summed E-state index contributed by atoms with van der Waals surface area (Å²) in [5.74, 6) is -0.368. The van der Waals surface area contributed by atoms with Crippen LogP contribution in [0.15, 0.2) is 59.5 Å². The van der Waals surface area contributed by atoms with Gasteiger partial charge in [-0.25, -0.2) is 4.79 Å². The molecule has 0 saturated carbocycles. The molecule has 0 radical (unpaired) electrons. The summed E-state index contributed by atoms with van der Waals surface area (Å²) < 4.78 is 7.03. The Morgan fingerprint density at radius 3 is 2.50 bits per heavy atom. The number of aromatic nitrogens is 2. The highest BCUT2D eigenvalue weighted by molar-refractivity contribution is 6.30. The topological polar surface area (TPSA) is 64.1 Å². The number of ether oxygens (including phenoxy) is 1. The summed E-state index contributed by atoms with van der Waals surface area (Å²) >= 11 is 6.06. The third-order valence-corrected chi connectivity index (χ3v) is 6.23. The number of benzene rings is 2. The average Bonchev–Trinajstić information content (AvgIpc) is 3.17. The van der Waals surface area contributed by atoms with Crippen molar-refractivity contribution in [2.45, 2.75) is 33.6 Å². The number of H-pyrrole nitrogens is 1. The van der Waals surface area contributed by atoms with E-state index in [1.807, 2.05) is 38.1 Å². The quantitative estimate of drug-likeness (QED) is 0.385. The van der Waals surface area contributed by atoms with Crippen LogP contribution in [0.25, 0.3) is 16.6 Å². The fraction of sp³-hybridized carbons (Fsp3) is 0.231. The molecule has 0 aliphatic rings. The Hall–Kier alpha value is -3.31. The van der Waals surface area contributed by atoms with Gasteiger partial charge in [0.25, 0.3) is 5.56 Å². The van der Waals surface area contributed by atoms with Crippen LogP contribution in [0.5, 0.6) is 0 Å².